The molecule has 1 aliphatic heterocycles. The van der Waals surface area contributed by atoms with E-state index in [1.54, 1.807) is 36.4 Å². The maximum absolute atomic E-state index is 13.1. The molecule has 1 amide bonds. The van der Waals surface area contributed by atoms with Gasteiger partial charge in [-0.25, -0.2) is 0 Å². The average Bonchev–Trinajstić information content (AvgIpc) is 3.11. The van der Waals surface area contributed by atoms with Crippen molar-refractivity contribution in [3.8, 4) is 11.5 Å². The number of aromatic hydroxyl groups is 1. The minimum absolute atomic E-state index is 0.00205. The van der Waals surface area contributed by atoms with Crippen molar-refractivity contribution >= 4 is 17.4 Å². The summed E-state index contributed by atoms with van der Waals surface area (Å²) in [6, 6.07) is 20.4. The van der Waals surface area contributed by atoms with E-state index in [9.17, 15) is 19.8 Å². The van der Waals surface area contributed by atoms with Crippen molar-refractivity contribution in [2.75, 3.05) is 27.2 Å². The summed E-state index contributed by atoms with van der Waals surface area (Å²) in [6.45, 7) is 3.26. The van der Waals surface area contributed by atoms with Gasteiger partial charge in [0.2, 0.25) is 0 Å². The van der Waals surface area contributed by atoms with Gasteiger partial charge in [0.15, 0.2) is 0 Å². The number of aliphatic hydroxyl groups excluding tert-OH is 1. The molecule has 3 aromatic carbocycles. The van der Waals surface area contributed by atoms with E-state index < -0.39 is 17.7 Å². The average molecular weight is 487 g/mol. The zero-order valence-electron chi connectivity index (χ0n) is 20.6. The molecule has 3 aromatic rings. The molecule has 2 N–H and O–H groups in total. The van der Waals surface area contributed by atoms with E-state index in [4.69, 9.17) is 4.74 Å². The zero-order chi connectivity index (χ0) is 25.8. The lowest BCUT2D eigenvalue weighted by molar-refractivity contribution is -0.140. The zero-order valence-corrected chi connectivity index (χ0v) is 20.6. The fourth-order valence-electron chi connectivity index (χ4n) is 4.29. The molecule has 1 atom stereocenters. The van der Waals surface area contributed by atoms with E-state index >= 15 is 0 Å². The number of Topliss-reactive ketones (excluding diaryl/α,β-unsaturated/α-hetero) is 1. The van der Waals surface area contributed by atoms with Crippen LogP contribution in [0.4, 0.5) is 0 Å². The lowest BCUT2D eigenvalue weighted by Crippen LogP contribution is -2.35. The van der Waals surface area contributed by atoms with Crippen LogP contribution in [0.15, 0.2) is 78.4 Å². The number of phenolic OH excluding ortho intramolecular Hbond substituents is 1. The number of nitrogens with zero attached hydrogens (tertiary/aromatic N) is 2. The molecule has 1 aliphatic rings. The second-order valence-electron chi connectivity index (χ2n) is 9.19. The lowest BCUT2D eigenvalue weighted by atomic mass is 9.95. The highest BCUT2D eigenvalue weighted by molar-refractivity contribution is 6.46. The Bertz CT molecular complexity index is 1300. The molecule has 4 rings (SSSR count). The van der Waals surface area contributed by atoms with Crippen molar-refractivity contribution in [3.63, 3.8) is 0 Å². The highest BCUT2D eigenvalue weighted by Crippen LogP contribution is 2.40. The van der Waals surface area contributed by atoms with Crippen molar-refractivity contribution in [2.24, 2.45) is 0 Å². The molecule has 0 spiro atoms. The van der Waals surface area contributed by atoms with Crippen LogP contribution in [0.1, 0.15) is 28.3 Å². The Balaban J connectivity index is 1.64. The summed E-state index contributed by atoms with van der Waals surface area (Å²) in [4.78, 5) is 29.4. The van der Waals surface area contributed by atoms with Crippen LogP contribution in [-0.2, 0) is 16.2 Å². The van der Waals surface area contributed by atoms with Crippen LogP contribution in [0.25, 0.3) is 5.76 Å². The minimum atomic E-state index is -0.811. The third-order valence-electron chi connectivity index (χ3n) is 6.13. The summed E-state index contributed by atoms with van der Waals surface area (Å²) in [5, 5.41) is 21.2. The first-order valence-electron chi connectivity index (χ1n) is 11.8. The number of rotatable bonds is 8. The maximum Gasteiger partial charge on any atom is 0.295 e. The number of likely N-dealkylation sites (N-methyl/N-ethyl adjacent to an activating group) is 1. The summed E-state index contributed by atoms with van der Waals surface area (Å²) in [7, 11) is 3.76. The Labute approximate surface area is 210 Å². The van der Waals surface area contributed by atoms with Crippen LogP contribution in [0.2, 0.25) is 0 Å². The second kappa shape index (κ2) is 10.7. The van der Waals surface area contributed by atoms with Crippen LogP contribution in [-0.4, -0.2) is 58.9 Å². The summed E-state index contributed by atoms with van der Waals surface area (Å²) in [5.74, 6) is -1.06. The van der Waals surface area contributed by atoms with Crippen LogP contribution < -0.4 is 4.74 Å². The minimum Gasteiger partial charge on any atom is -0.508 e. The highest BCUT2D eigenvalue weighted by Gasteiger charge is 2.46. The molecule has 0 aromatic heterocycles. The number of likely N-dealkylation sites (tertiary alicyclic amines) is 1. The van der Waals surface area contributed by atoms with Crippen LogP contribution in [0.3, 0.4) is 0 Å². The Morgan fingerprint density at radius 2 is 1.72 bits per heavy atom. The number of hydrogen-bond donors (Lipinski definition) is 2. The molecule has 186 valence electrons. The van der Waals surface area contributed by atoms with Gasteiger partial charge in [0.05, 0.1) is 11.6 Å². The Hall–Kier alpha value is -4.10. The second-order valence-corrected chi connectivity index (χ2v) is 9.19. The predicted octanol–water partition coefficient (Wildman–Crippen LogP) is 4.26. The number of aryl methyl sites for hydroxylation is 1. The van der Waals surface area contributed by atoms with Crippen LogP contribution in [0, 0.1) is 6.92 Å². The number of ether oxygens (including phenoxy) is 1. The smallest absolute Gasteiger partial charge is 0.295 e. The van der Waals surface area contributed by atoms with Gasteiger partial charge >= 0.3 is 0 Å². The van der Waals surface area contributed by atoms with Gasteiger partial charge in [-0.2, -0.15) is 0 Å². The summed E-state index contributed by atoms with van der Waals surface area (Å²) >= 11 is 0. The number of carbonyl (C=O) groups excluding carboxylic acids is 2. The van der Waals surface area contributed by atoms with E-state index in [1.807, 2.05) is 44.1 Å². The topological polar surface area (TPSA) is 90.3 Å². The van der Waals surface area contributed by atoms with Gasteiger partial charge in [-0.1, -0.05) is 42.0 Å². The molecule has 7 heteroatoms. The third kappa shape index (κ3) is 5.42. The molecule has 1 heterocycles. The Morgan fingerprint density at radius 1 is 1.00 bits per heavy atom. The van der Waals surface area contributed by atoms with Crippen LogP contribution in [0.5, 0.6) is 11.5 Å². The van der Waals surface area contributed by atoms with Gasteiger partial charge in [0, 0.05) is 18.7 Å². The monoisotopic (exact) mass is 486 g/mol. The van der Waals surface area contributed by atoms with Crippen molar-refractivity contribution < 1.29 is 24.5 Å². The number of aliphatic hydroxyl groups is 1. The van der Waals surface area contributed by atoms with Gasteiger partial charge in [0.25, 0.3) is 11.7 Å². The predicted molar refractivity (Wildman–Crippen MR) is 138 cm³/mol. The van der Waals surface area contributed by atoms with E-state index in [0.717, 1.165) is 11.1 Å². The first kappa shape index (κ1) is 25.0. The van der Waals surface area contributed by atoms with E-state index in [-0.39, 0.29) is 17.1 Å². The normalized spacial score (nSPS) is 17.1. The van der Waals surface area contributed by atoms with E-state index in [0.29, 0.717) is 36.6 Å². The summed E-state index contributed by atoms with van der Waals surface area (Å²) < 4.78 is 5.86. The third-order valence-corrected chi connectivity index (χ3v) is 6.13. The molecule has 0 radical (unpaired) electrons. The SMILES string of the molecule is Cc1cccc(COc2ccc(C(O)=C3C(=O)C(=O)N(CCN(C)C)[C@@H]3c3cccc(O)c3)cc2)c1. The molecular formula is C29H30N2O5. The fourth-order valence-corrected chi connectivity index (χ4v) is 4.29. The van der Waals surface area contributed by atoms with Crippen molar-refractivity contribution in [1.29, 1.82) is 0 Å². The van der Waals surface area contributed by atoms with Crippen molar-refractivity contribution in [3.05, 3.63) is 101 Å². The number of carbonyl (C=O) groups is 2. The summed E-state index contributed by atoms with van der Waals surface area (Å²) in [5.41, 5.74) is 3.14. The highest BCUT2D eigenvalue weighted by atomic mass is 16.5. The fraction of sp³-hybridized carbons (Fsp3) is 0.241. The molecule has 1 saturated heterocycles. The first-order chi connectivity index (χ1) is 17.2. The van der Waals surface area contributed by atoms with E-state index in [1.165, 1.54) is 17.0 Å². The van der Waals surface area contributed by atoms with Gasteiger partial charge < -0.3 is 24.7 Å². The van der Waals surface area contributed by atoms with Crippen molar-refractivity contribution in [2.45, 2.75) is 19.6 Å². The Morgan fingerprint density at radius 3 is 2.39 bits per heavy atom. The standard InChI is InChI=1S/C29H30N2O5/c1-19-6-4-7-20(16-19)18-36-24-12-10-21(11-13-24)27(33)25-26(22-8-5-9-23(32)17-22)31(15-14-30(2)3)29(35)28(25)34/h4-13,16-17,26,32-33H,14-15,18H2,1-3H3/t26-/m1/s1. The molecule has 0 aliphatic carbocycles. The maximum atomic E-state index is 13.1. The molecular weight excluding hydrogens is 456 g/mol. The van der Waals surface area contributed by atoms with Gasteiger partial charge in [-0.15, -0.1) is 0 Å². The summed E-state index contributed by atoms with van der Waals surface area (Å²) in [6.07, 6.45) is 0. The van der Waals surface area contributed by atoms with Gasteiger partial charge in [-0.05, 0) is 68.5 Å². The first-order valence-corrected chi connectivity index (χ1v) is 11.8. The number of phenols is 1. The molecule has 0 saturated carbocycles. The quantitative estimate of drug-likeness (QED) is 0.281. The molecule has 0 unspecified atom stereocenters. The van der Waals surface area contributed by atoms with Gasteiger partial charge in [0.1, 0.15) is 23.9 Å². The number of hydrogen-bond acceptors (Lipinski definition) is 6. The number of ketones is 1. The molecule has 36 heavy (non-hydrogen) atoms. The van der Waals surface area contributed by atoms with Gasteiger partial charge in [-0.3, -0.25) is 9.59 Å². The lowest BCUT2D eigenvalue weighted by Gasteiger charge is -2.26. The number of benzene rings is 3. The number of amides is 1. The van der Waals surface area contributed by atoms with Crippen molar-refractivity contribution in [1.82, 2.24) is 9.80 Å². The largest absolute Gasteiger partial charge is 0.508 e. The van der Waals surface area contributed by atoms with Crippen LogP contribution >= 0.6 is 0 Å². The molecule has 1 fully saturated rings. The molecule has 0 bridgehead atoms. The molecule has 7 nitrogen and oxygen atoms in total. The van der Waals surface area contributed by atoms with E-state index in [2.05, 4.69) is 6.07 Å². The Kier molecular flexibility index (Phi) is 7.41.